The van der Waals surface area contributed by atoms with Crippen molar-refractivity contribution in [1.82, 2.24) is 10.0 Å². The average Bonchev–Trinajstić information content (AvgIpc) is 2.84. The highest BCUT2D eigenvalue weighted by molar-refractivity contribution is 9.10. The molecule has 1 atom stereocenters. The zero-order chi connectivity index (χ0) is 14.0. The van der Waals surface area contributed by atoms with E-state index >= 15 is 0 Å². The number of nitrogens with one attached hydrogen (secondary N) is 2. The molecule has 0 bridgehead atoms. The second-order valence-corrected chi connectivity index (χ2v) is 7.10. The first-order valence-electron chi connectivity index (χ1n) is 6.01. The Labute approximate surface area is 134 Å². The normalized spacial score (nSPS) is 18.6. The number of aryl methyl sites for hydroxylation is 1. The van der Waals surface area contributed by atoms with E-state index in [4.69, 9.17) is 4.74 Å². The van der Waals surface area contributed by atoms with Crippen LogP contribution >= 0.6 is 28.3 Å². The van der Waals surface area contributed by atoms with Crippen molar-refractivity contribution in [2.75, 3.05) is 20.2 Å². The molecule has 8 heteroatoms. The second-order valence-electron chi connectivity index (χ2n) is 4.56. The third-order valence-corrected chi connectivity index (χ3v) is 5.51. The molecule has 2 rings (SSSR count). The van der Waals surface area contributed by atoms with Gasteiger partial charge >= 0.3 is 0 Å². The van der Waals surface area contributed by atoms with Gasteiger partial charge in [-0.05, 0) is 37.6 Å². The van der Waals surface area contributed by atoms with Crippen LogP contribution < -0.4 is 14.8 Å². The van der Waals surface area contributed by atoms with Gasteiger partial charge < -0.3 is 10.1 Å². The summed E-state index contributed by atoms with van der Waals surface area (Å²) in [5.74, 6) is 0.360. The molecule has 1 fully saturated rings. The zero-order valence-electron chi connectivity index (χ0n) is 11.3. The molecule has 1 unspecified atom stereocenters. The van der Waals surface area contributed by atoms with Crippen LogP contribution in [-0.4, -0.2) is 34.7 Å². The lowest BCUT2D eigenvalue weighted by Gasteiger charge is -2.15. The Morgan fingerprint density at radius 2 is 2.15 bits per heavy atom. The van der Waals surface area contributed by atoms with Crippen molar-refractivity contribution in [2.24, 2.45) is 0 Å². The van der Waals surface area contributed by atoms with E-state index in [9.17, 15) is 8.42 Å². The first-order valence-corrected chi connectivity index (χ1v) is 8.29. The molecule has 0 radical (unpaired) electrons. The van der Waals surface area contributed by atoms with Crippen molar-refractivity contribution in [3.8, 4) is 5.75 Å². The van der Waals surface area contributed by atoms with Gasteiger partial charge in [0, 0.05) is 17.1 Å². The fourth-order valence-corrected chi connectivity index (χ4v) is 3.99. The number of sulfonamides is 1. The highest BCUT2D eigenvalue weighted by Gasteiger charge is 2.26. The quantitative estimate of drug-likeness (QED) is 0.830. The molecule has 2 N–H and O–H groups in total. The lowest BCUT2D eigenvalue weighted by Crippen LogP contribution is -2.36. The molecule has 1 aromatic carbocycles. The molecule has 0 amide bonds. The van der Waals surface area contributed by atoms with Gasteiger partial charge in [-0.2, -0.15) is 0 Å². The molecule has 114 valence electrons. The Morgan fingerprint density at radius 1 is 1.45 bits per heavy atom. The summed E-state index contributed by atoms with van der Waals surface area (Å²) in [6.07, 6.45) is 0.800. The van der Waals surface area contributed by atoms with Crippen molar-refractivity contribution in [3.63, 3.8) is 0 Å². The summed E-state index contributed by atoms with van der Waals surface area (Å²) >= 11 is 3.35. The highest BCUT2D eigenvalue weighted by atomic mass is 79.9. The molecule has 5 nitrogen and oxygen atoms in total. The van der Waals surface area contributed by atoms with Gasteiger partial charge in [0.1, 0.15) is 10.6 Å². The number of ether oxygens (including phenoxy) is 1. The Morgan fingerprint density at radius 3 is 2.70 bits per heavy atom. The van der Waals surface area contributed by atoms with Crippen LogP contribution in [0.15, 0.2) is 21.5 Å². The first-order chi connectivity index (χ1) is 8.94. The van der Waals surface area contributed by atoms with Crippen molar-refractivity contribution in [1.29, 1.82) is 0 Å². The number of benzene rings is 1. The Hall–Kier alpha value is -0.340. The number of methoxy groups -OCH3 is 1. The topological polar surface area (TPSA) is 67.4 Å². The maximum absolute atomic E-state index is 12.4. The van der Waals surface area contributed by atoms with Crippen molar-refractivity contribution < 1.29 is 13.2 Å². The fourth-order valence-electron chi connectivity index (χ4n) is 2.04. The van der Waals surface area contributed by atoms with Crippen molar-refractivity contribution in [3.05, 3.63) is 22.2 Å². The van der Waals surface area contributed by atoms with Crippen LogP contribution in [-0.2, 0) is 10.0 Å². The van der Waals surface area contributed by atoms with E-state index in [2.05, 4.69) is 26.0 Å². The van der Waals surface area contributed by atoms with Gasteiger partial charge in [0.05, 0.1) is 7.11 Å². The van der Waals surface area contributed by atoms with E-state index in [-0.39, 0.29) is 23.3 Å². The summed E-state index contributed by atoms with van der Waals surface area (Å²) in [7, 11) is -2.10. The molecule has 0 saturated carbocycles. The fraction of sp³-hybridized carbons (Fsp3) is 0.500. The SMILES string of the molecule is COc1cc(C)c(Br)cc1S(=O)(=O)NC1CCNC1.Cl. The third-order valence-electron chi connectivity index (χ3n) is 3.12. The van der Waals surface area contributed by atoms with Crippen LogP contribution in [0.4, 0.5) is 0 Å². The lowest BCUT2D eigenvalue weighted by molar-refractivity contribution is 0.401. The lowest BCUT2D eigenvalue weighted by atomic mass is 10.2. The van der Waals surface area contributed by atoms with E-state index in [1.165, 1.54) is 7.11 Å². The van der Waals surface area contributed by atoms with Gasteiger partial charge in [0.15, 0.2) is 0 Å². The molecule has 0 spiro atoms. The maximum Gasteiger partial charge on any atom is 0.244 e. The van der Waals surface area contributed by atoms with Crippen LogP contribution in [0.2, 0.25) is 0 Å². The number of hydrogen-bond acceptors (Lipinski definition) is 4. The summed E-state index contributed by atoms with van der Waals surface area (Å²) in [5.41, 5.74) is 0.929. The molecule has 0 aromatic heterocycles. The Bertz CT molecular complexity index is 574. The molecule has 1 saturated heterocycles. The van der Waals surface area contributed by atoms with Gasteiger partial charge in [-0.25, -0.2) is 13.1 Å². The largest absolute Gasteiger partial charge is 0.495 e. The zero-order valence-corrected chi connectivity index (χ0v) is 14.5. The first kappa shape index (κ1) is 17.7. The maximum atomic E-state index is 12.4. The molecule has 1 aliphatic heterocycles. The van der Waals surface area contributed by atoms with Crippen LogP contribution in [0.5, 0.6) is 5.75 Å². The number of halogens is 2. The molecular weight excluding hydrogens is 368 g/mol. The van der Waals surface area contributed by atoms with Gasteiger partial charge in [0.2, 0.25) is 10.0 Å². The molecule has 20 heavy (non-hydrogen) atoms. The van der Waals surface area contributed by atoms with Crippen molar-refractivity contribution >= 4 is 38.4 Å². The predicted octanol–water partition coefficient (Wildman–Crippen LogP) is 1.83. The van der Waals surface area contributed by atoms with E-state index in [0.717, 1.165) is 23.0 Å². The van der Waals surface area contributed by atoms with E-state index in [0.29, 0.717) is 12.3 Å². The molecule has 0 aliphatic carbocycles. The summed E-state index contributed by atoms with van der Waals surface area (Å²) < 4.78 is 33.4. The standard InChI is InChI=1S/C12H17BrN2O3S.ClH/c1-8-5-11(18-2)12(6-10(8)13)19(16,17)15-9-3-4-14-7-9;/h5-6,9,14-15H,3-4,7H2,1-2H3;1H. The predicted molar refractivity (Wildman–Crippen MR) is 84.3 cm³/mol. The molecule has 1 aromatic rings. The van der Waals surface area contributed by atoms with E-state index in [1.807, 2.05) is 6.92 Å². The monoisotopic (exact) mass is 384 g/mol. The number of rotatable bonds is 4. The van der Waals surface area contributed by atoms with Gasteiger partial charge in [-0.15, -0.1) is 12.4 Å². The Kier molecular flexibility index (Phi) is 6.27. The second kappa shape index (κ2) is 7.09. The minimum Gasteiger partial charge on any atom is -0.495 e. The van der Waals surface area contributed by atoms with Crippen LogP contribution in [0.3, 0.4) is 0 Å². The highest BCUT2D eigenvalue weighted by Crippen LogP contribution is 2.30. The summed E-state index contributed by atoms with van der Waals surface area (Å²) in [4.78, 5) is 0.166. The third kappa shape index (κ3) is 3.85. The van der Waals surface area contributed by atoms with Crippen molar-refractivity contribution in [2.45, 2.75) is 24.3 Å². The smallest absolute Gasteiger partial charge is 0.244 e. The molecule has 1 heterocycles. The summed E-state index contributed by atoms with van der Waals surface area (Å²) in [6, 6.07) is 3.24. The minimum absolute atomic E-state index is 0. The van der Waals surface area contributed by atoms with E-state index in [1.54, 1.807) is 12.1 Å². The van der Waals surface area contributed by atoms with Gasteiger partial charge in [-0.3, -0.25) is 0 Å². The molecule has 1 aliphatic rings. The van der Waals surface area contributed by atoms with Crippen LogP contribution in [0, 0.1) is 6.92 Å². The average molecular weight is 386 g/mol. The van der Waals surface area contributed by atoms with E-state index < -0.39 is 10.0 Å². The molecular formula is C12H18BrClN2O3S. The summed E-state index contributed by atoms with van der Waals surface area (Å²) in [5, 5.41) is 3.13. The van der Waals surface area contributed by atoms with Gasteiger partial charge in [-0.1, -0.05) is 15.9 Å². The summed E-state index contributed by atoms with van der Waals surface area (Å²) in [6.45, 7) is 3.38. The minimum atomic E-state index is -3.57. The van der Waals surface area contributed by atoms with Gasteiger partial charge in [0.25, 0.3) is 0 Å². The Balaban J connectivity index is 0.00000200. The van der Waals surface area contributed by atoms with Crippen LogP contribution in [0.25, 0.3) is 0 Å². The number of hydrogen-bond donors (Lipinski definition) is 2. The van der Waals surface area contributed by atoms with Crippen LogP contribution in [0.1, 0.15) is 12.0 Å².